The van der Waals surface area contributed by atoms with Crippen LogP contribution in [0.25, 0.3) is 10.9 Å². The van der Waals surface area contributed by atoms with Crippen molar-refractivity contribution in [3.8, 4) is 5.75 Å². The normalized spacial score (nSPS) is 17.7. The average Bonchev–Trinajstić information content (AvgIpc) is 3.70. The van der Waals surface area contributed by atoms with E-state index in [1.807, 2.05) is 16.7 Å². The molecule has 5 rings (SSSR count). The highest BCUT2D eigenvalue weighted by Gasteiger charge is 2.33. The molecule has 194 valence electrons. The van der Waals surface area contributed by atoms with Gasteiger partial charge in [-0.25, -0.2) is 13.6 Å². The van der Waals surface area contributed by atoms with E-state index in [2.05, 4.69) is 5.32 Å². The summed E-state index contributed by atoms with van der Waals surface area (Å²) in [6.45, 7) is 3.16. The molecule has 1 saturated carbocycles. The molecule has 0 spiro atoms. The van der Waals surface area contributed by atoms with Gasteiger partial charge in [-0.05, 0) is 50.2 Å². The number of carboxylic acids is 1. The number of nitrogens with zero attached hydrogens (tertiary/aromatic N) is 3. The number of aromatic nitrogens is 1. The third-order valence-corrected chi connectivity index (χ3v) is 7.23. The fraction of sp³-hybridized carbons (Fsp3) is 0.346. The molecule has 2 fully saturated rings. The molecule has 0 radical (unpaired) electrons. The van der Waals surface area contributed by atoms with E-state index >= 15 is 4.39 Å². The number of hydrogen-bond donors (Lipinski definition) is 2. The van der Waals surface area contributed by atoms with Gasteiger partial charge in [0.25, 0.3) is 0 Å². The lowest BCUT2D eigenvalue weighted by molar-refractivity contribution is 0.0694. The predicted octanol–water partition coefficient (Wildman–Crippen LogP) is 4.23. The summed E-state index contributed by atoms with van der Waals surface area (Å²) < 4.78 is 37.1. The predicted molar refractivity (Wildman–Crippen MR) is 141 cm³/mol. The van der Waals surface area contributed by atoms with Crippen LogP contribution >= 0.6 is 12.2 Å². The topological polar surface area (TPSA) is 87.0 Å². The minimum Gasteiger partial charge on any atom is -0.492 e. The molecule has 0 amide bonds. The maximum atomic E-state index is 15.6. The first kappa shape index (κ1) is 24.9. The van der Waals surface area contributed by atoms with Gasteiger partial charge in [0.1, 0.15) is 17.1 Å². The number of ether oxygens (including phenoxy) is 1. The summed E-state index contributed by atoms with van der Waals surface area (Å²) in [4.78, 5) is 28.4. The van der Waals surface area contributed by atoms with Crippen LogP contribution in [0, 0.1) is 11.6 Å². The molecule has 1 saturated heterocycles. The molecule has 2 aliphatic rings. The van der Waals surface area contributed by atoms with Gasteiger partial charge in [0.15, 0.2) is 16.7 Å². The smallest absolute Gasteiger partial charge is 0.341 e. The summed E-state index contributed by atoms with van der Waals surface area (Å²) in [5.41, 5.74) is -0.254. The average molecular weight is 529 g/mol. The molecule has 1 aliphatic carbocycles. The number of methoxy groups -OCH3 is 1. The number of para-hydroxylation sites is 1. The van der Waals surface area contributed by atoms with Crippen molar-refractivity contribution in [2.24, 2.45) is 0 Å². The van der Waals surface area contributed by atoms with Gasteiger partial charge in [0.05, 0.1) is 23.7 Å². The Morgan fingerprint density at radius 3 is 2.54 bits per heavy atom. The standard InChI is InChI=1S/C26H26F2N4O4S/c1-14-12-30(9-10-31(14)26(37)29-20-6-4-3-5-18(20)27)22-19(28)11-16-21(24(22)36-2)32(15-7-8-15)13-17(23(16)33)25(34)35/h3-6,11,13-15H,7-10,12H2,1-2H3,(H,29,37)(H,34,35)/t14-/m1/s1. The van der Waals surface area contributed by atoms with E-state index < -0.39 is 28.6 Å². The third-order valence-electron chi connectivity index (χ3n) is 6.89. The summed E-state index contributed by atoms with van der Waals surface area (Å²) in [6.07, 6.45) is 2.99. The Labute approximate surface area is 217 Å². The van der Waals surface area contributed by atoms with E-state index in [0.717, 1.165) is 18.9 Å². The van der Waals surface area contributed by atoms with Crippen LogP contribution in [0.3, 0.4) is 0 Å². The zero-order chi connectivity index (χ0) is 26.4. The highest BCUT2D eigenvalue weighted by Crippen LogP contribution is 2.44. The second kappa shape index (κ2) is 9.62. The Balaban J connectivity index is 1.49. The van der Waals surface area contributed by atoms with Gasteiger partial charge in [0, 0.05) is 37.9 Å². The largest absolute Gasteiger partial charge is 0.492 e. The van der Waals surface area contributed by atoms with Crippen LogP contribution in [-0.2, 0) is 0 Å². The molecule has 2 heterocycles. The minimum atomic E-state index is -1.35. The van der Waals surface area contributed by atoms with Gasteiger partial charge in [-0.15, -0.1) is 0 Å². The monoisotopic (exact) mass is 528 g/mol. The van der Waals surface area contributed by atoms with Crippen molar-refractivity contribution in [3.05, 3.63) is 63.9 Å². The number of rotatable bonds is 5. The first-order valence-corrected chi connectivity index (χ1v) is 12.4. The lowest BCUT2D eigenvalue weighted by atomic mass is 10.1. The number of aromatic carboxylic acids is 1. The summed E-state index contributed by atoms with van der Waals surface area (Å²) in [7, 11) is 1.41. The lowest BCUT2D eigenvalue weighted by Crippen LogP contribution is -2.55. The number of fused-ring (bicyclic) bond motifs is 1. The van der Waals surface area contributed by atoms with E-state index in [1.54, 1.807) is 22.8 Å². The molecule has 1 aliphatic heterocycles. The number of benzene rings is 2. The SMILES string of the molecule is COc1c(N2CCN(C(=S)Nc3ccccc3F)[C@H](C)C2)c(F)cc2c(=O)c(C(=O)O)cn(C3CC3)c12. The first-order valence-electron chi connectivity index (χ1n) is 12.0. The van der Waals surface area contributed by atoms with Crippen molar-refractivity contribution in [3.63, 3.8) is 0 Å². The van der Waals surface area contributed by atoms with E-state index in [9.17, 15) is 19.1 Å². The van der Waals surface area contributed by atoms with Crippen molar-refractivity contribution < 1.29 is 23.4 Å². The number of anilines is 2. The van der Waals surface area contributed by atoms with Crippen molar-refractivity contribution in [1.29, 1.82) is 0 Å². The highest BCUT2D eigenvalue weighted by atomic mass is 32.1. The number of halogens is 2. The second-order valence-electron chi connectivity index (χ2n) is 9.35. The van der Waals surface area contributed by atoms with Crippen LogP contribution in [0.15, 0.2) is 41.3 Å². The Morgan fingerprint density at radius 2 is 1.92 bits per heavy atom. The Morgan fingerprint density at radius 1 is 1.19 bits per heavy atom. The zero-order valence-electron chi connectivity index (χ0n) is 20.3. The van der Waals surface area contributed by atoms with Gasteiger partial charge in [0.2, 0.25) is 5.43 Å². The quantitative estimate of drug-likeness (QED) is 0.476. The Bertz CT molecular complexity index is 1470. The molecule has 1 aromatic heterocycles. The summed E-state index contributed by atoms with van der Waals surface area (Å²) in [5.74, 6) is -2.23. The van der Waals surface area contributed by atoms with Gasteiger partial charge in [-0.3, -0.25) is 4.79 Å². The van der Waals surface area contributed by atoms with Crippen molar-refractivity contribution in [2.45, 2.75) is 31.8 Å². The van der Waals surface area contributed by atoms with Gasteiger partial charge in [-0.2, -0.15) is 0 Å². The molecule has 1 atom stereocenters. The molecular formula is C26H26F2N4O4S. The first-order chi connectivity index (χ1) is 17.7. The van der Waals surface area contributed by atoms with Gasteiger partial charge < -0.3 is 29.5 Å². The van der Waals surface area contributed by atoms with Crippen LogP contribution in [0.2, 0.25) is 0 Å². The molecule has 8 nitrogen and oxygen atoms in total. The fourth-order valence-corrected chi connectivity index (χ4v) is 5.32. The number of thiocarbonyl (C=S) groups is 1. The van der Waals surface area contributed by atoms with Gasteiger partial charge >= 0.3 is 5.97 Å². The maximum absolute atomic E-state index is 15.6. The van der Waals surface area contributed by atoms with E-state index in [0.29, 0.717) is 30.3 Å². The number of hydrogen-bond acceptors (Lipinski definition) is 5. The van der Waals surface area contributed by atoms with Crippen LogP contribution < -0.4 is 20.4 Å². The number of pyridine rings is 1. The number of nitrogens with one attached hydrogen (secondary N) is 1. The zero-order valence-corrected chi connectivity index (χ0v) is 21.1. The molecule has 2 aromatic carbocycles. The van der Waals surface area contributed by atoms with E-state index in [1.165, 1.54) is 19.4 Å². The van der Waals surface area contributed by atoms with Gasteiger partial charge in [-0.1, -0.05) is 12.1 Å². The molecule has 3 aromatic rings. The van der Waals surface area contributed by atoms with Crippen LogP contribution in [0.4, 0.5) is 20.2 Å². The lowest BCUT2D eigenvalue weighted by Gasteiger charge is -2.42. The number of carboxylic acid groups (broad SMARTS) is 1. The second-order valence-corrected chi connectivity index (χ2v) is 9.74. The van der Waals surface area contributed by atoms with E-state index in [-0.39, 0.29) is 34.6 Å². The third kappa shape index (κ3) is 4.48. The van der Waals surface area contributed by atoms with Crippen LogP contribution in [-0.4, -0.2) is 58.4 Å². The van der Waals surface area contributed by atoms with Crippen molar-refractivity contribution >= 4 is 45.6 Å². The Kier molecular flexibility index (Phi) is 6.49. The fourth-order valence-electron chi connectivity index (χ4n) is 4.94. The van der Waals surface area contributed by atoms with Crippen LogP contribution in [0.1, 0.15) is 36.2 Å². The number of carbonyl (C=O) groups is 1. The molecule has 0 unspecified atom stereocenters. The molecule has 37 heavy (non-hydrogen) atoms. The van der Waals surface area contributed by atoms with E-state index in [4.69, 9.17) is 17.0 Å². The highest BCUT2D eigenvalue weighted by molar-refractivity contribution is 7.80. The number of piperazine rings is 1. The molecule has 11 heteroatoms. The summed E-state index contributed by atoms with van der Waals surface area (Å²) in [6, 6.07) is 7.25. The van der Waals surface area contributed by atoms with Crippen LogP contribution in [0.5, 0.6) is 5.75 Å². The molecule has 2 N–H and O–H groups in total. The van der Waals surface area contributed by atoms with Crippen molar-refractivity contribution in [1.82, 2.24) is 9.47 Å². The molecular weight excluding hydrogens is 502 g/mol. The summed E-state index contributed by atoms with van der Waals surface area (Å²) in [5, 5.41) is 12.8. The minimum absolute atomic E-state index is 0.0195. The summed E-state index contributed by atoms with van der Waals surface area (Å²) >= 11 is 5.53. The maximum Gasteiger partial charge on any atom is 0.341 e. The Hall–Kier alpha value is -3.73. The van der Waals surface area contributed by atoms with Crippen molar-refractivity contribution in [2.75, 3.05) is 37.0 Å². The molecule has 0 bridgehead atoms.